The normalized spacial score (nSPS) is 14.4. The van der Waals surface area contributed by atoms with E-state index in [-0.39, 0.29) is 21.7 Å². The van der Waals surface area contributed by atoms with Crippen molar-refractivity contribution in [2.45, 2.75) is 6.92 Å². The van der Waals surface area contributed by atoms with Gasteiger partial charge >= 0.3 is 0 Å². The number of aromatic nitrogens is 2. The van der Waals surface area contributed by atoms with Gasteiger partial charge in [-0.25, -0.2) is 9.97 Å². The Morgan fingerprint density at radius 2 is 1.90 bits per heavy atom. The standard InChI is InChI=1S/C15H8BrClN2O2/c1-7-12(16)15(21)13-9(14(7)20)2-3-10(19-13)8-4-5-18-11(17)6-8/h2-6H,1H3. The number of halogens is 2. The van der Waals surface area contributed by atoms with E-state index in [2.05, 4.69) is 25.9 Å². The van der Waals surface area contributed by atoms with E-state index >= 15 is 0 Å². The maximum absolute atomic E-state index is 12.3. The summed E-state index contributed by atoms with van der Waals surface area (Å²) in [4.78, 5) is 32.7. The maximum atomic E-state index is 12.3. The van der Waals surface area contributed by atoms with Crippen LogP contribution in [0.3, 0.4) is 0 Å². The molecule has 0 saturated carbocycles. The molecule has 0 bridgehead atoms. The van der Waals surface area contributed by atoms with E-state index in [0.717, 1.165) is 5.56 Å². The van der Waals surface area contributed by atoms with Gasteiger partial charge in [-0.2, -0.15) is 0 Å². The number of carbonyl (C=O) groups excluding carboxylic acids is 2. The van der Waals surface area contributed by atoms with Crippen LogP contribution in [0, 0.1) is 0 Å². The van der Waals surface area contributed by atoms with E-state index in [4.69, 9.17) is 11.6 Å². The first-order valence-electron chi connectivity index (χ1n) is 6.08. The lowest BCUT2D eigenvalue weighted by molar-refractivity contribution is 0.0979. The molecule has 1 aliphatic carbocycles. The maximum Gasteiger partial charge on any atom is 0.219 e. The smallest absolute Gasteiger partial charge is 0.219 e. The van der Waals surface area contributed by atoms with Gasteiger partial charge in [0.25, 0.3) is 0 Å². The molecule has 0 unspecified atom stereocenters. The van der Waals surface area contributed by atoms with E-state index in [1.54, 1.807) is 37.4 Å². The summed E-state index contributed by atoms with van der Waals surface area (Å²) < 4.78 is 0.261. The highest BCUT2D eigenvalue weighted by Crippen LogP contribution is 2.30. The van der Waals surface area contributed by atoms with Crippen LogP contribution in [-0.2, 0) is 0 Å². The number of carbonyl (C=O) groups is 2. The highest BCUT2D eigenvalue weighted by atomic mass is 79.9. The molecule has 0 amide bonds. The van der Waals surface area contributed by atoms with E-state index < -0.39 is 0 Å². The van der Waals surface area contributed by atoms with Gasteiger partial charge in [-0.15, -0.1) is 0 Å². The molecule has 6 heteroatoms. The molecule has 0 fully saturated rings. The highest BCUT2D eigenvalue weighted by molar-refractivity contribution is 9.12. The van der Waals surface area contributed by atoms with Crippen LogP contribution in [0.2, 0.25) is 5.15 Å². The van der Waals surface area contributed by atoms with E-state index in [9.17, 15) is 9.59 Å². The molecule has 0 aromatic carbocycles. The van der Waals surface area contributed by atoms with E-state index in [1.165, 1.54) is 0 Å². The Labute approximate surface area is 134 Å². The third-order valence-electron chi connectivity index (χ3n) is 3.25. The lowest BCUT2D eigenvalue weighted by atomic mass is 9.93. The van der Waals surface area contributed by atoms with Crippen LogP contribution in [0.15, 0.2) is 40.5 Å². The van der Waals surface area contributed by atoms with Gasteiger partial charge in [0.05, 0.1) is 15.7 Å². The minimum absolute atomic E-state index is 0.155. The van der Waals surface area contributed by atoms with Crippen LogP contribution in [0.25, 0.3) is 11.3 Å². The Balaban J connectivity index is 2.17. The molecule has 0 N–H and O–H groups in total. The molecule has 2 heterocycles. The fourth-order valence-corrected chi connectivity index (χ4v) is 2.66. The molecule has 4 nitrogen and oxygen atoms in total. The van der Waals surface area contributed by atoms with Crippen LogP contribution in [0.4, 0.5) is 0 Å². The van der Waals surface area contributed by atoms with E-state index in [1.807, 2.05) is 0 Å². The molecule has 1 aliphatic rings. The SMILES string of the molecule is CC1=C(Br)C(=O)c2nc(-c3ccnc(Cl)c3)ccc2C1=O. The van der Waals surface area contributed by atoms with Crippen molar-refractivity contribution in [1.82, 2.24) is 9.97 Å². The number of allylic oxidation sites excluding steroid dienone is 2. The van der Waals surface area contributed by atoms with Crippen LogP contribution in [0.5, 0.6) is 0 Å². The second kappa shape index (κ2) is 5.16. The molecule has 104 valence electrons. The Hall–Kier alpha value is -1.85. The van der Waals surface area contributed by atoms with Crippen molar-refractivity contribution in [3.8, 4) is 11.3 Å². The summed E-state index contributed by atoms with van der Waals surface area (Å²) in [5.74, 6) is -0.479. The molecule has 0 saturated heterocycles. The fourth-order valence-electron chi connectivity index (χ4n) is 2.11. The molecule has 21 heavy (non-hydrogen) atoms. The number of nitrogens with zero attached hydrogens (tertiary/aromatic N) is 2. The third-order valence-corrected chi connectivity index (χ3v) is 4.41. The van der Waals surface area contributed by atoms with Gasteiger partial charge in [-0.3, -0.25) is 9.59 Å². The third kappa shape index (κ3) is 2.32. The minimum Gasteiger partial charge on any atom is -0.289 e. The second-order valence-electron chi connectivity index (χ2n) is 4.56. The topological polar surface area (TPSA) is 59.9 Å². The first kappa shape index (κ1) is 14.1. The number of Topliss-reactive ketones (excluding diaryl/α,β-unsaturated/α-hetero) is 2. The molecule has 2 aromatic rings. The van der Waals surface area contributed by atoms with Gasteiger partial charge < -0.3 is 0 Å². The van der Waals surface area contributed by atoms with Gasteiger partial charge in [-0.05, 0) is 47.1 Å². The number of ketones is 2. The lowest BCUT2D eigenvalue weighted by Gasteiger charge is -2.15. The number of hydrogen-bond acceptors (Lipinski definition) is 4. The largest absolute Gasteiger partial charge is 0.289 e. The predicted octanol–water partition coefficient (Wildman–Crippen LogP) is 3.84. The molecule has 0 radical (unpaired) electrons. The van der Waals surface area contributed by atoms with Crippen LogP contribution < -0.4 is 0 Å². The number of rotatable bonds is 1. The van der Waals surface area contributed by atoms with Crippen molar-refractivity contribution in [3.05, 3.63) is 56.9 Å². The quantitative estimate of drug-likeness (QED) is 0.722. The van der Waals surface area contributed by atoms with Gasteiger partial charge in [0.2, 0.25) is 5.78 Å². The van der Waals surface area contributed by atoms with Crippen molar-refractivity contribution < 1.29 is 9.59 Å². The van der Waals surface area contributed by atoms with Crippen molar-refractivity contribution >= 4 is 39.1 Å². The van der Waals surface area contributed by atoms with Crippen molar-refractivity contribution in [2.75, 3.05) is 0 Å². The zero-order valence-electron chi connectivity index (χ0n) is 10.9. The van der Waals surface area contributed by atoms with Crippen LogP contribution in [-0.4, -0.2) is 21.5 Å². The number of fused-ring (bicyclic) bond motifs is 1. The Bertz CT molecular complexity index is 830. The fraction of sp³-hybridized carbons (Fsp3) is 0.0667. The van der Waals surface area contributed by atoms with Crippen LogP contribution >= 0.6 is 27.5 Å². The molecule has 3 rings (SSSR count). The Kier molecular flexibility index (Phi) is 3.47. The lowest BCUT2D eigenvalue weighted by Crippen LogP contribution is -2.20. The number of hydrogen-bond donors (Lipinski definition) is 0. The molecule has 0 aliphatic heterocycles. The van der Waals surface area contributed by atoms with Crippen molar-refractivity contribution in [3.63, 3.8) is 0 Å². The summed E-state index contributed by atoms with van der Waals surface area (Å²) in [5.41, 5.74) is 2.18. The summed E-state index contributed by atoms with van der Waals surface area (Å²) in [6, 6.07) is 6.71. The average molecular weight is 364 g/mol. The van der Waals surface area contributed by atoms with Gasteiger partial charge in [0.1, 0.15) is 10.8 Å². The summed E-state index contributed by atoms with van der Waals surface area (Å²) >= 11 is 9.02. The van der Waals surface area contributed by atoms with Gasteiger partial charge in [0.15, 0.2) is 5.78 Å². The molecule has 0 spiro atoms. The average Bonchev–Trinajstić information content (AvgIpc) is 2.50. The predicted molar refractivity (Wildman–Crippen MR) is 82.8 cm³/mol. The highest BCUT2D eigenvalue weighted by Gasteiger charge is 2.30. The summed E-state index contributed by atoms with van der Waals surface area (Å²) in [5, 5.41) is 0.339. The zero-order valence-corrected chi connectivity index (χ0v) is 13.2. The monoisotopic (exact) mass is 362 g/mol. The first-order chi connectivity index (χ1) is 9.99. The molecular weight excluding hydrogens is 356 g/mol. The molecular formula is C15H8BrClN2O2. The molecule has 0 atom stereocenters. The zero-order chi connectivity index (χ0) is 15.1. The van der Waals surface area contributed by atoms with Gasteiger partial charge in [-0.1, -0.05) is 11.6 Å². The Morgan fingerprint density at radius 3 is 2.62 bits per heavy atom. The van der Waals surface area contributed by atoms with Crippen molar-refractivity contribution in [2.24, 2.45) is 0 Å². The van der Waals surface area contributed by atoms with Crippen LogP contribution in [0.1, 0.15) is 27.8 Å². The summed E-state index contributed by atoms with van der Waals surface area (Å²) in [6.45, 7) is 1.61. The van der Waals surface area contributed by atoms with Gasteiger partial charge in [0, 0.05) is 17.3 Å². The first-order valence-corrected chi connectivity index (χ1v) is 7.25. The van der Waals surface area contributed by atoms with E-state index in [0.29, 0.717) is 22.0 Å². The minimum atomic E-state index is -0.288. The Morgan fingerprint density at radius 1 is 1.14 bits per heavy atom. The molecule has 2 aromatic heterocycles. The number of pyridine rings is 2. The summed E-state index contributed by atoms with van der Waals surface area (Å²) in [7, 11) is 0. The second-order valence-corrected chi connectivity index (χ2v) is 5.74. The van der Waals surface area contributed by atoms with Crippen molar-refractivity contribution in [1.29, 1.82) is 0 Å². The summed E-state index contributed by atoms with van der Waals surface area (Å²) in [6.07, 6.45) is 1.56.